The Hall–Kier alpha value is -1.30. The average Bonchev–Trinajstić information content (AvgIpc) is 2.50. The van der Waals surface area contributed by atoms with E-state index in [1.807, 2.05) is 18.2 Å². The van der Waals surface area contributed by atoms with E-state index in [9.17, 15) is 9.59 Å². The van der Waals surface area contributed by atoms with Gasteiger partial charge in [-0.25, -0.2) is 0 Å². The lowest BCUT2D eigenvalue weighted by molar-refractivity contribution is -0.133. The lowest BCUT2D eigenvalue weighted by Gasteiger charge is -2.23. The van der Waals surface area contributed by atoms with Gasteiger partial charge in [-0.1, -0.05) is 43.1 Å². The van der Waals surface area contributed by atoms with E-state index in [1.54, 1.807) is 11.0 Å². The molecule has 0 aromatic heterocycles. The molecule has 0 atom stereocenters. The smallest absolute Gasteiger partial charge is 0.242 e. The fourth-order valence-electron chi connectivity index (χ4n) is 1.83. The van der Waals surface area contributed by atoms with Gasteiger partial charge >= 0.3 is 0 Å². The van der Waals surface area contributed by atoms with Gasteiger partial charge in [-0.2, -0.15) is 0 Å². The molecule has 0 aliphatic rings. The average molecular weight is 348 g/mol. The molecule has 1 aromatic carbocycles. The third kappa shape index (κ3) is 7.11. The molecule has 0 heterocycles. The summed E-state index contributed by atoms with van der Waals surface area (Å²) in [5, 5.41) is 3.14. The second-order valence-electron chi connectivity index (χ2n) is 4.74. The van der Waals surface area contributed by atoms with Gasteiger partial charge in [0.2, 0.25) is 11.8 Å². The van der Waals surface area contributed by atoms with Crippen LogP contribution in [0.2, 0.25) is 5.02 Å². The quantitative estimate of drug-likeness (QED) is 0.754. The van der Waals surface area contributed by atoms with E-state index in [0.29, 0.717) is 18.1 Å². The van der Waals surface area contributed by atoms with Gasteiger partial charge < -0.3 is 16.0 Å². The minimum atomic E-state index is -0.337. The number of nitrogens with two attached hydrogens (primary N) is 1. The summed E-state index contributed by atoms with van der Waals surface area (Å²) >= 11 is 6.13. The van der Waals surface area contributed by atoms with Crippen LogP contribution in [-0.2, 0) is 16.1 Å². The van der Waals surface area contributed by atoms with Crippen molar-refractivity contribution in [2.75, 3.05) is 19.6 Å². The van der Waals surface area contributed by atoms with Crippen molar-refractivity contribution in [3.05, 3.63) is 34.9 Å². The minimum absolute atomic E-state index is 0. The maximum Gasteiger partial charge on any atom is 0.242 e. The highest BCUT2D eigenvalue weighted by Crippen LogP contribution is 2.17. The monoisotopic (exact) mass is 347 g/mol. The van der Waals surface area contributed by atoms with Gasteiger partial charge in [0.05, 0.1) is 13.1 Å². The third-order valence-electron chi connectivity index (χ3n) is 3.08. The van der Waals surface area contributed by atoms with Crippen LogP contribution >= 0.6 is 24.0 Å². The van der Waals surface area contributed by atoms with E-state index in [1.165, 1.54) is 0 Å². The zero-order valence-corrected chi connectivity index (χ0v) is 14.3. The van der Waals surface area contributed by atoms with E-state index in [0.717, 1.165) is 18.4 Å². The van der Waals surface area contributed by atoms with Crippen molar-refractivity contribution in [3.63, 3.8) is 0 Å². The van der Waals surface area contributed by atoms with Gasteiger partial charge in [0.25, 0.3) is 0 Å². The molecule has 0 radical (unpaired) electrons. The third-order valence-corrected chi connectivity index (χ3v) is 3.44. The Morgan fingerprint density at radius 2 is 2.00 bits per heavy atom. The predicted octanol–water partition coefficient (Wildman–Crippen LogP) is 1.97. The maximum atomic E-state index is 12.2. The molecule has 0 aliphatic heterocycles. The molecule has 1 aromatic rings. The lowest BCUT2D eigenvalue weighted by Crippen LogP contribution is -2.42. The number of hydrogen-bond acceptors (Lipinski definition) is 3. The fraction of sp³-hybridized carbons (Fsp3) is 0.467. The van der Waals surface area contributed by atoms with Gasteiger partial charge in [-0.3, -0.25) is 9.59 Å². The molecule has 0 saturated carbocycles. The number of nitrogens with one attached hydrogen (secondary N) is 1. The van der Waals surface area contributed by atoms with Crippen LogP contribution in [0.25, 0.3) is 0 Å². The van der Waals surface area contributed by atoms with Crippen LogP contribution in [0.4, 0.5) is 0 Å². The van der Waals surface area contributed by atoms with Crippen LogP contribution in [-0.4, -0.2) is 36.3 Å². The van der Waals surface area contributed by atoms with Crippen molar-refractivity contribution in [1.29, 1.82) is 0 Å². The van der Waals surface area contributed by atoms with Crippen molar-refractivity contribution in [3.8, 4) is 0 Å². The molecule has 0 fully saturated rings. The van der Waals surface area contributed by atoms with Crippen LogP contribution in [0.5, 0.6) is 0 Å². The summed E-state index contributed by atoms with van der Waals surface area (Å²) in [6.45, 7) is 2.99. The van der Waals surface area contributed by atoms with Crippen molar-refractivity contribution in [1.82, 2.24) is 10.2 Å². The second-order valence-corrected chi connectivity index (χ2v) is 5.15. The molecule has 0 saturated heterocycles. The Morgan fingerprint density at radius 3 is 2.59 bits per heavy atom. The van der Waals surface area contributed by atoms with Crippen molar-refractivity contribution < 1.29 is 9.59 Å². The highest BCUT2D eigenvalue weighted by atomic mass is 35.5. The number of unbranched alkanes of at least 4 members (excludes halogenated alkanes) is 1. The number of nitrogens with zero attached hydrogens (tertiary/aromatic N) is 1. The van der Waals surface area contributed by atoms with E-state index in [-0.39, 0.29) is 37.3 Å². The number of amides is 2. The Bertz CT molecular complexity index is 484. The molecule has 0 unspecified atom stereocenters. The Balaban J connectivity index is 0.00000441. The molecule has 5 nitrogen and oxygen atoms in total. The molecular formula is C15H23Cl2N3O2. The molecule has 0 bridgehead atoms. The summed E-state index contributed by atoms with van der Waals surface area (Å²) in [7, 11) is 0. The maximum absolute atomic E-state index is 12.2. The van der Waals surface area contributed by atoms with Crippen LogP contribution < -0.4 is 11.1 Å². The first-order chi connectivity index (χ1) is 10.1. The number of halogens is 2. The van der Waals surface area contributed by atoms with E-state index < -0.39 is 0 Å². The summed E-state index contributed by atoms with van der Waals surface area (Å²) < 4.78 is 0. The molecule has 2 amide bonds. The second kappa shape index (κ2) is 11.3. The number of carbonyl (C=O) groups excluding carboxylic acids is 2. The Morgan fingerprint density at radius 1 is 1.32 bits per heavy atom. The zero-order chi connectivity index (χ0) is 15.7. The van der Waals surface area contributed by atoms with Crippen LogP contribution in [0.15, 0.2) is 24.3 Å². The number of hydrogen-bond donors (Lipinski definition) is 2. The summed E-state index contributed by atoms with van der Waals surface area (Å²) in [4.78, 5) is 25.1. The SMILES string of the molecule is CCCCN(Cc1ccccc1Cl)C(=O)CNC(=O)CN.Cl. The first-order valence-corrected chi connectivity index (χ1v) is 7.44. The normalized spacial score (nSPS) is 9.77. The zero-order valence-electron chi connectivity index (χ0n) is 12.7. The standard InChI is InChI=1S/C15H22ClN3O2.ClH/c1-2-3-8-19(15(21)10-18-14(20)9-17)11-12-6-4-5-7-13(12)16;/h4-7H,2-3,8-11,17H2,1H3,(H,18,20);1H. The van der Waals surface area contributed by atoms with Crippen LogP contribution in [0.3, 0.4) is 0 Å². The van der Waals surface area contributed by atoms with E-state index in [4.69, 9.17) is 17.3 Å². The van der Waals surface area contributed by atoms with Crippen molar-refractivity contribution >= 4 is 35.8 Å². The number of benzene rings is 1. The molecule has 0 spiro atoms. The summed E-state index contributed by atoms with van der Waals surface area (Å²) in [5.74, 6) is -0.471. The Labute approximate surface area is 142 Å². The van der Waals surface area contributed by atoms with Crippen molar-refractivity contribution in [2.24, 2.45) is 5.73 Å². The summed E-state index contributed by atoms with van der Waals surface area (Å²) in [6.07, 6.45) is 1.89. The highest BCUT2D eigenvalue weighted by Gasteiger charge is 2.15. The van der Waals surface area contributed by atoms with Gasteiger partial charge in [0.15, 0.2) is 0 Å². The first-order valence-electron chi connectivity index (χ1n) is 7.06. The summed E-state index contributed by atoms with van der Waals surface area (Å²) in [5.41, 5.74) is 6.10. The largest absolute Gasteiger partial charge is 0.346 e. The summed E-state index contributed by atoms with van der Waals surface area (Å²) in [6, 6.07) is 7.44. The van der Waals surface area contributed by atoms with Crippen LogP contribution in [0, 0.1) is 0 Å². The predicted molar refractivity (Wildman–Crippen MR) is 91.1 cm³/mol. The number of carbonyl (C=O) groups is 2. The molecule has 7 heteroatoms. The highest BCUT2D eigenvalue weighted by molar-refractivity contribution is 6.31. The lowest BCUT2D eigenvalue weighted by atomic mass is 10.2. The molecule has 3 N–H and O–H groups in total. The van der Waals surface area contributed by atoms with E-state index >= 15 is 0 Å². The van der Waals surface area contributed by atoms with Gasteiger partial charge in [0.1, 0.15) is 0 Å². The van der Waals surface area contributed by atoms with Gasteiger partial charge in [-0.05, 0) is 18.1 Å². The fourth-order valence-corrected chi connectivity index (χ4v) is 2.03. The van der Waals surface area contributed by atoms with Gasteiger partial charge in [-0.15, -0.1) is 12.4 Å². The van der Waals surface area contributed by atoms with Crippen molar-refractivity contribution in [2.45, 2.75) is 26.3 Å². The van der Waals surface area contributed by atoms with Gasteiger partial charge in [0, 0.05) is 18.1 Å². The minimum Gasteiger partial charge on any atom is -0.346 e. The number of rotatable bonds is 8. The molecule has 1 rings (SSSR count). The van der Waals surface area contributed by atoms with E-state index in [2.05, 4.69) is 12.2 Å². The molecule has 0 aliphatic carbocycles. The molecule has 124 valence electrons. The Kier molecular flexibility index (Phi) is 10.6. The molecular weight excluding hydrogens is 325 g/mol. The van der Waals surface area contributed by atoms with Crippen LogP contribution in [0.1, 0.15) is 25.3 Å². The topological polar surface area (TPSA) is 75.4 Å². The first kappa shape index (κ1) is 20.7. The molecule has 22 heavy (non-hydrogen) atoms.